The molecule has 2 N–H and O–H groups in total. The predicted octanol–water partition coefficient (Wildman–Crippen LogP) is 4.56. The second-order valence-corrected chi connectivity index (χ2v) is 9.22. The number of hydrogen-bond acceptors (Lipinski definition) is 6. The van der Waals surface area contributed by atoms with Crippen molar-refractivity contribution in [2.45, 2.75) is 18.7 Å². The lowest BCUT2D eigenvalue weighted by atomic mass is 10.2. The van der Waals surface area contributed by atoms with Gasteiger partial charge in [-0.25, -0.2) is 13.4 Å². The fourth-order valence-electron chi connectivity index (χ4n) is 2.80. The van der Waals surface area contributed by atoms with Crippen molar-refractivity contribution in [3.05, 3.63) is 71.7 Å². The first-order valence-electron chi connectivity index (χ1n) is 8.67. The highest BCUT2D eigenvalue weighted by atomic mass is 32.2. The third-order valence-corrected chi connectivity index (χ3v) is 6.64. The molecule has 4 aromatic rings. The standard InChI is InChI=1S/C20H17N3O4S2/c1-12-5-7-15(8-6-12)29(25,26)23-20-22-18-13(2)10-14(11-17(18)28-20)21-19(24)16-4-3-9-27-16/h3-11H,1-2H3,(H,21,24)(H,22,23). The zero-order valence-electron chi connectivity index (χ0n) is 15.6. The van der Waals surface area contributed by atoms with Crippen LogP contribution in [-0.4, -0.2) is 19.3 Å². The van der Waals surface area contributed by atoms with Gasteiger partial charge in [0.2, 0.25) is 0 Å². The Hall–Kier alpha value is -3.17. The van der Waals surface area contributed by atoms with Gasteiger partial charge in [-0.15, -0.1) is 0 Å². The van der Waals surface area contributed by atoms with E-state index in [1.54, 1.807) is 48.5 Å². The summed E-state index contributed by atoms with van der Waals surface area (Å²) in [5.41, 5.74) is 3.04. The number of anilines is 2. The number of carbonyl (C=O) groups excluding carboxylic acids is 1. The lowest BCUT2D eigenvalue weighted by molar-refractivity contribution is 0.0996. The fourth-order valence-corrected chi connectivity index (χ4v) is 5.02. The van der Waals surface area contributed by atoms with Crippen LogP contribution in [0.5, 0.6) is 0 Å². The maximum absolute atomic E-state index is 12.6. The minimum atomic E-state index is -3.73. The minimum absolute atomic E-state index is 0.172. The quantitative estimate of drug-likeness (QED) is 0.486. The topological polar surface area (TPSA) is 101 Å². The van der Waals surface area contributed by atoms with Gasteiger partial charge in [0.25, 0.3) is 15.9 Å². The number of benzene rings is 2. The average Bonchev–Trinajstić information content (AvgIpc) is 3.31. The Balaban J connectivity index is 1.61. The summed E-state index contributed by atoms with van der Waals surface area (Å²) in [4.78, 5) is 16.8. The zero-order chi connectivity index (χ0) is 20.6. The van der Waals surface area contributed by atoms with E-state index in [2.05, 4.69) is 15.0 Å². The molecule has 7 nitrogen and oxygen atoms in total. The van der Waals surface area contributed by atoms with Gasteiger partial charge in [0.15, 0.2) is 10.9 Å². The zero-order valence-corrected chi connectivity index (χ0v) is 17.2. The highest BCUT2D eigenvalue weighted by Gasteiger charge is 2.18. The van der Waals surface area contributed by atoms with Crippen LogP contribution in [0.15, 0.2) is 64.1 Å². The van der Waals surface area contributed by atoms with Crippen molar-refractivity contribution < 1.29 is 17.6 Å². The van der Waals surface area contributed by atoms with Gasteiger partial charge in [-0.05, 0) is 55.8 Å². The van der Waals surface area contributed by atoms with Crippen molar-refractivity contribution in [2.24, 2.45) is 0 Å². The Labute approximate surface area is 171 Å². The van der Waals surface area contributed by atoms with Gasteiger partial charge in [0, 0.05) is 5.69 Å². The van der Waals surface area contributed by atoms with Crippen LogP contribution in [0, 0.1) is 13.8 Å². The van der Waals surface area contributed by atoms with E-state index < -0.39 is 10.0 Å². The summed E-state index contributed by atoms with van der Waals surface area (Å²) in [6, 6.07) is 13.3. The third-order valence-electron chi connectivity index (χ3n) is 4.24. The minimum Gasteiger partial charge on any atom is -0.459 e. The molecule has 9 heteroatoms. The molecule has 2 aromatic heterocycles. The van der Waals surface area contributed by atoms with E-state index in [9.17, 15) is 13.2 Å². The van der Waals surface area contributed by atoms with Crippen LogP contribution < -0.4 is 10.0 Å². The summed E-state index contributed by atoms with van der Waals surface area (Å²) in [6.45, 7) is 3.74. The average molecular weight is 428 g/mol. The predicted molar refractivity (Wildman–Crippen MR) is 113 cm³/mol. The van der Waals surface area contributed by atoms with Crippen molar-refractivity contribution in [3.63, 3.8) is 0 Å². The molecule has 0 aliphatic heterocycles. The van der Waals surface area contributed by atoms with E-state index >= 15 is 0 Å². The van der Waals surface area contributed by atoms with E-state index in [0.717, 1.165) is 15.8 Å². The Morgan fingerprint density at radius 1 is 1.10 bits per heavy atom. The smallest absolute Gasteiger partial charge is 0.291 e. The molecule has 0 fully saturated rings. The number of aromatic nitrogens is 1. The maximum atomic E-state index is 12.6. The molecule has 0 aliphatic carbocycles. The number of hydrogen-bond donors (Lipinski definition) is 2. The maximum Gasteiger partial charge on any atom is 0.291 e. The van der Waals surface area contributed by atoms with Crippen molar-refractivity contribution in [2.75, 3.05) is 10.0 Å². The molecule has 2 heterocycles. The Kier molecular flexibility index (Phi) is 4.85. The van der Waals surface area contributed by atoms with E-state index in [0.29, 0.717) is 11.2 Å². The van der Waals surface area contributed by atoms with Crippen LogP contribution in [0.2, 0.25) is 0 Å². The number of sulfonamides is 1. The highest BCUT2D eigenvalue weighted by molar-refractivity contribution is 7.93. The monoisotopic (exact) mass is 427 g/mol. The third kappa shape index (κ3) is 4.01. The molecule has 0 bridgehead atoms. The van der Waals surface area contributed by atoms with Gasteiger partial charge in [-0.1, -0.05) is 29.0 Å². The van der Waals surface area contributed by atoms with Crippen LogP contribution in [0.25, 0.3) is 10.2 Å². The number of furan rings is 1. The van der Waals surface area contributed by atoms with Gasteiger partial charge >= 0.3 is 0 Å². The summed E-state index contributed by atoms with van der Waals surface area (Å²) >= 11 is 1.20. The molecule has 29 heavy (non-hydrogen) atoms. The van der Waals surface area contributed by atoms with E-state index in [1.807, 2.05) is 13.8 Å². The number of carbonyl (C=O) groups is 1. The molecule has 4 rings (SSSR count). The first-order valence-corrected chi connectivity index (χ1v) is 11.0. The number of nitrogens with zero attached hydrogens (tertiary/aromatic N) is 1. The van der Waals surface area contributed by atoms with E-state index in [-0.39, 0.29) is 21.7 Å². The molecule has 0 radical (unpaired) electrons. The Morgan fingerprint density at radius 2 is 1.86 bits per heavy atom. The fraction of sp³-hybridized carbons (Fsp3) is 0.100. The number of aryl methyl sites for hydroxylation is 2. The molecule has 0 unspecified atom stereocenters. The molecule has 1 amide bonds. The van der Waals surface area contributed by atoms with Crippen LogP contribution in [0.4, 0.5) is 10.8 Å². The van der Waals surface area contributed by atoms with Crippen molar-refractivity contribution >= 4 is 48.3 Å². The number of amides is 1. The van der Waals surface area contributed by atoms with E-state index in [1.165, 1.54) is 17.6 Å². The normalized spacial score (nSPS) is 11.5. The van der Waals surface area contributed by atoms with Crippen LogP contribution >= 0.6 is 11.3 Å². The van der Waals surface area contributed by atoms with Gasteiger partial charge in [-0.2, -0.15) is 0 Å². The largest absolute Gasteiger partial charge is 0.459 e. The Bertz CT molecular complexity index is 1290. The first kappa shape index (κ1) is 19.2. The summed E-state index contributed by atoms with van der Waals surface area (Å²) in [7, 11) is -3.73. The van der Waals surface area contributed by atoms with Gasteiger partial charge in [0.1, 0.15) is 0 Å². The van der Waals surface area contributed by atoms with Crippen LogP contribution in [0.3, 0.4) is 0 Å². The summed E-state index contributed by atoms with van der Waals surface area (Å²) in [5.74, 6) is -0.155. The molecule has 0 saturated heterocycles. The van der Waals surface area contributed by atoms with Crippen LogP contribution in [-0.2, 0) is 10.0 Å². The second-order valence-electron chi connectivity index (χ2n) is 6.51. The lowest BCUT2D eigenvalue weighted by Gasteiger charge is -2.05. The van der Waals surface area contributed by atoms with Gasteiger partial charge in [0.05, 0.1) is 21.4 Å². The SMILES string of the molecule is Cc1ccc(S(=O)(=O)Nc2nc3c(C)cc(NC(=O)c4ccco4)cc3s2)cc1. The number of fused-ring (bicyclic) bond motifs is 1. The Morgan fingerprint density at radius 3 is 2.55 bits per heavy atom. The molecule has 0 spiro atoms. The van der Waals surface area contributed by atoms with Crippen molar-refractivity contribution in [1.82, 2.24) is 4.98 Å². The van der Waals surface area contributed by atoms with Gasteiger partial charge < -0.3 is 9.73 Å². The molecule has 0 aliphatic rings. The summed E-state index contributed by atoms with van der Waals surface area (Å²) in [6.07, 6.45) is 1.43. The lowest BCUT2D eigenvalue weighted by Crippen LogP contribution is -2.12. The van der Waals surface area contributed by atoms with Crippen LogP contribution in [0.1, 0.15) is 21.7 Å². The molecule has 0 saturated carbocycles. The summed E-state index contributed by atoms with van der Waals surface area (Å²) < 4.78 is 33.6. The molecular formula is C20H17N3O4S2. The number of thiazole rings is 1. The highest BCUT2D eigenvalue weighted by Crippen LogP contribution is 2.32. The second kappa shape index (κ2) is 7.34. The van der Waals surface area contributed by atoms with Crippen molar-refractivity contribution in [3.8, 4) is 0 Å². The first-order chi connectivity index (χ1) is 13.8. The van der Waals surface area contributed by atoms with Crippen molar-refractivity contribution in [1.29, 1.82) is 0 Å². The van der Waals surface area contributed by atoms with E-state index in [4.69, 9.17) is 4.42 Å². The molecule has 0 atom stereocenters. The number of rotatable bonds is 5. The van der Waals surface area contributed by atoms with Gasteiger partial charge in [-0.3, -0.25) is 9.52 Å². The molecular weight excluding hydrogens is 410 g/mol. The summed E-state index contributed by atoms with van der Waals surface area (Å²) in [5, 5.41) is 3.04. The molecule has 148 valence electrons. The molecule has 2 aromatic carbocycles. The number of nitrogens with one attached hydrogen (secondary N) is 2.